The number of para-hydroxylation sites is 1. The summed E-state index contributed by atoms with van der Waals surface area (Å²) in [6.45, 7) is 0.281. The smallest absolute Gasteiger partial charge is 0.231 e. The fourth-order valence-electron chi connectivity index (χ4n) is 6.45. The zero-order valence-corrected chi connectivity index (χ0v) is 29.7. The lowest BCUT2D eigenvalue weighted by molar-refractivity contribution is -0.683. The summed E-state index contributed by atoms with van der Waals surface area (Å²) < 4.78 is 301. The second-order valence-corrected chi connectivity index (χ2v) is 12.3. The van der Waals surface area contributed by atoms with E-state index in [4.69, 9.17) is 4.74 Å². The van der Waals surface area contributed by atoms with Crippen molar-refractivity contribution < 1.29 is 102 Å². The maximum Gasteiger partial charge on any atom is 0.231 e. The molecule has 0 saturated heterocycles. The number of ether oxygens (including phenoxy) is 1. The number of carbonyl (C=O) groups is 1. The fraction of sp³-hybridized carbons (Fsp3) is 0.0541. The van der Waals surface area contributed by atoms with Crippen LogP contribution < -0.4 is 31.2 Å². The minimum absolute atomic E-state index is 0.0126. The van der Waals surface area contributed by atoms with Crippen molar-refractivity contribution >= 4 is 33.8 Å². The highest BCUT2D eigenvalue weighted by molar-refractivity contribution is 7.20. The summed E-state index contributed by atoms with van der Waals surface area (Å²) in [4.78, 5) is 16.0. The predicted molar refractivity (Wildman–Crippen MR) is 171 cm³/mol. The number of Topliss-reactive ketones (excluding diaryl/α,β-unsaturated/α-hetero) is 1. The normalized spacial score (nSPS) is 11.4. The monoisotopic (exact) mass is 908 g/mol. The number of ketones is 1. The minimum atomic E-state index is -7.22. The molecule has 62 heavy (non-hydrogen) atoms. The molecule has 0 aliphatic rings. The zero-order chi connectivity index (χ0) is 46.4. The summed E-state index contributed by atoms with van der Waals surface area (Å²) >= 11 is 0. The average Bonchev–Trinajstić information content (AvgIpc) is 3.26. The van der Waals surface area contributed by atoms with E-state index < -0.39 is 144 Å². The molecule has 25 heteroatoms. The van der Waals surface area contributed by atoms with E-state index in [2.05, 4.69) is 4.98 Å². The van der Waals surface area contributed by atoms with Crippen molar-refractivity contribution in [2.24, 2.45) is 0 Å². The van der Waals surface area contributed by atoms with Crippen molar-refractivity contribution in [1.29, 1.82) is 0 Å². The molecule has 6 rings (SSSR count). The molecule has 6 aromatic rings. The number of hydrogen-bond acceptors (Lipinski definition) is 3. The molecule has 5 aromatic carbocycles. The summed E-state index contributed by atoms with van der Waals surface area (Å²) in [5.41, 5.74) is -13.7. The van der Waals surface area contributed by atoms with Gasteiger partial charge in [0, 0.05) is 0 Å². The van der Waals surface area contributed by atoms with E-state index in [1.807, 2.05) is 12.1 Å². The molecule has 0 amide bonds. The van der Waals surface area contributed by atoms with Crippen molar-refractivity contribution in [3.8, 4) is 5.75 Å². The topological polar surface area (TPSA) is 43.1 Å². The van der Waals surface area contributed by atoms with Crippen LogP contribution in [0, 0.1) is 116 Å². The Labute approximate surface area is 331 Å². The van der Waals surface area contributed by atoms with Crippen LogP contribution >= 0.6 is 0 Å². The van der Waals surface area contributed by atoms with Crippen LogP contribution in [0.1, 0.15) is 10.4 Å². The van der Waals surface area contributed by atoms with Crippen LogP contribution in [0.15, 0.2) is 49.1 Å². The molecule has 0 aliphatic heterocycles. The molecule has 1 aromatic heterocycles. The molecule has 1 heterocycles. The Balaban J connectivity index is 0.000000355. The maximum absolute atomic E-state index is 15.4. The number of halogens is 20. The number of hydrogen-bond donors (Lipinski definition) is 0. The standard InChI is InChI=1S/C24BF20.C13H13N2O2/c26-5-1(6(27)14(35)21(42)13(5)34)25(2-7(28)15(36)22(43)16(37)8(2)29,3-9(30)17(38)23(44)18(39)10(3)31)4-11(32)19(40)24(45)20(41)12(4)33;1-17-13-5-3-2-4-11(13)12(16)10-15-8-6-14-7-9-15/h;2-9H,10H2,1H3/q-1;+1. The summed E-state index contributed by atoms with van der Waals surface area (Å²) in [7, 11) is 1.56. The van der Waals surface area contributed by atoms with Crippen molar-refractivity contribution in [3.63, 3.8) is 0 Å². The summed E-state index contributed by atoms with van der Waals surface area (Å²) in [6.07, 6.45) is -0.406. The quantitative estimate of drug-likeness (QED) is 0.0409. The van der Waals surface area contributed by atoms with Crippen LogP contribution in [0.5, 0.6) is 5.75 Å². The number of carbonyl (C=O) groups excluding carboxylic acids is 1. The molecular weight excluding hydrogens is 895 g/mol. The number of rotatable bonds is 8. The van der Waals surface area contributed by atoms with Crippen LogP contribution in [0.4, 0.5) is 87.8 Å². The molecule has 0 atom stereocenters. The number of aromatic nitrogens is 2. The molecule has 0 bridgehead atoms. The van der Waals surface area contributed by atoms with Crippen molar-refractivity contribution in [2.45, 2.75) is 6.54 Å². The molecule has 4 nitrogen and oxygen atoms in total. The van der Waals surface area contributed by atoms with Crippen LogP contribution in [0.3, 0.4) is 0 Å². The van der Waals surface area contributed by atoms with E-state index in [0.29, 0.717) is 11.3 Å². The highest BCUT2D eigenvalue weighted by atomic mass is 19.2. The summed E-state index contributed by atoms with van der Waals surface area (Å²) in [6, 6.07) is 7.22. The third-order valence-corrected chi connectivity index (χ3v) is 9.13. The maximum atomic E-state index is 15.4. The second kappa shape index (κ2) is 17.4. The lowest BCUT2D eigenvalue weighted by Gasteiger charge is -2.44. The van der Waals surface area contributed by atoms with Crippen LogP contribution in [-0.4, -0.2) is 24.0 Å². The van der Waals surface area contributed by atoms with Gasteiger partial charge >= 0.3 is 0 Å². The second-order valence-electron chi connectivity index (χ2n) is 12.3. The highest BCUT2D eigenvalue weighted by Gasteiger charge is 2.52. The molecule has 0 aliphatic carbocycles. The first-order chi connectivity index (χ1) is 29.0. The van der Waals surface area contributed by atoms with Gasteiger partial charge in [-0.1, -0.05) is 12.1 Å². The van der Waals surface area contributed by atoms with Gasteiger partial charge in [0.2, 0.25) is 12.3 Å². The van der Waals surface area contributed by atoms with E-state index in [0.717, 1.165) is 0 Å². The van der Waals surface area contributed by atoms with Crippen molar-refractivity contribution in [2.75, 3.05) is 7.11 Å². The van der Waals surface area contributed by atoms with E-state index in [1.54, 1.807) is 48.6 Å². The van der Waals surface area contributed by atoms with Crippen LogP contribution in [-0.2, 0) is 6.54 Å². The van der Waals surface area contributed by atoms with Gasteiger partial charge in [0.25, 0.3) is 0 Å². The Hall–Kier alpha value is -6.69. The first-order valence-electron chi connectivity index (χ1n) is 16.2. The van der Waals surface area contributed by atoms with Gasteiger partial charge < -0.3 is 4.74 Å². The Morgan fingerprint density at radius 2 is 0.710 bits per heavy atom. The molecular formula is C37H13BF20N2O2. The largest absolute Gasteiger partial charge is 0.496 e. The Kier molecular flexibility index (Phi) is 13.0. The van der Waals surface area contributed by atoms with Crippen LogP contribution in [0.2, 0.25) is 0 Å². The Morgan fingerprint density at radius 3 is 0.984 bits per heavy atom. The lowest BCUT2D eigenvalue weighted by Crippen LogP contribution is -2.81. The average molecular weight is 908 g/mol. The van der Waals surface area contributed by atoms with Crippen molar-refractivity contribution in [1.82, 2.24) is 4.98 Å². The van der Waals surface area contributed by atoms with Gasteiger partial charge in [-0.05, 0) is 12.1 Å². The van der Waals surface area contributed by atoms with E-state index in [9.17, 15) is 57.5 Å². The zero-order valence-electron chi connectivity index (χ0n) is 29.7. The van der Waals surface area contributed by atoms with E-state index >= 15 is 35.1 Å². The lowest BCUT2D eigenvalue weighted by atomic mass is 9.12. The van der Waals surface area contributed by atoms with Crippen LogP contribution in [0.25, 0.3) is 0 Å². The fourth-order valence-corrected chi connectivity index (χ4v) is 6.45. The Bertz CT molecular complexity index is 2410. The number of methoxy groups -OCH3 is 1. The number of benzene rings is 5. The van der Waals surface area contributed by atoms with E-state index in [-0.39, 0.29) is 12.3 Å². The van der Waals surface area contributed by atoms with Gasteiger partial charge in [0.05, 0.1) is 25.1 Å². The first kappa shape index (κ1) is 46.4. The molecule has 0 spiro atoms. The van der Waals surface area contributed by atoms with Gasteiger partial charge in [-0.15, -0.1) is 21.9 Å². The predicted octanol–water partition coefficient (Wildman–Crippen LogP) is 7.11. The third-order valence-electron chi connectivity index (χ3n) is 9.13. The van der Waals surface area contributed by atoms with Gasteiger partial charge in [0.15, 0.2) is 82.2 Å². The molecule has 0 N–H and O–H groups in total. The summed E-state index contributed by atoms with van der Waals surface area (Å²) in [5.74, 6) is -70.8. The van der Waals surface area contributed by atoms with E-state index in [1.165, 1.54) is 0 Å². The Morgan fingerprint density at radius 1 is 0.452 bits per heavy atom. The molecule has 0 fully saturated rings. The number of nitrogens with zero attached hydrogens (tertiary/aromatic N) is 2. The molecule has 0 unspecified atom stereocenters. The molecule has 0 saturated carbocycles. The molecule has 0 radical (unpaired) electrons. The van der Waals surface area contributed by atoms with Gasteiger partial charge in [-0.2, -0.15) is 4.57 Å². The first-order valence-corrected chi connectivity index (χ1v) is 16.2. The van der Waals surface area contributed by atoms with Gasteiger partial charge in [0.1, 0.15) is 58.4 Å². The summed E-state index contributed by atoms with van der Waals surface area (Å²) in [5, 5.41) is 0. The highest BCUT2D eigenvalue weighted by Crippen LogP contribution is 2.31. The minimum Gasteiger partial charge on any atom is -0.496 e. The third kappa shape index (κ3) is 7.20. The van der Waals surface area contributed by atoms with Crippen molar-refractivity contribution in [3.05, 3.63) is 171 Å². The van der Waals surface area contributed by atoms with Gasteiger partial charge in [-0.25, -0.2) is 87.8 Å². The molecule has 326 valence electrons. The SMILES string of the molecule is COc1ccccc1C(=O)C[n+]1ccncc1.Fc1c(F)c(F)c([B-](c2c(F)c(F)c(F)c(F)c2F)(c2c(F)c(F)c(F)c(F)c2F)c2c(F)c(F)c(F)c(F)c2F)c(F)c1F. The van der Waals surface area contributed by atoms with Gasteiger partial charge in [-0.3, -0.25) is 9.78 Å².